The third kappa shape index (κ3) is 8.06. The number of ether oxygens (including phenoxy) is 1. The quantitative estimate of drug-likeness (QED) is 0.118. The van der Waals surface area contributed by atoms with Crippen LogP contribution in [0.5, 0.6) is 5.75 Å². The molecule has 0 saturated heterocycles. The number of unbranched alkanes of at least 4 members (excludes halogenated alkanes) is 4. The molecule has 212 valence electrons. The van der Waals surface area contributed by atoms with Crippen LogP contribution >= 0.6 is 0 Å². The molecule has 0 saturated carbocycles. The van der Waals surface area contributed by atoms with Gasteiger partial charge in [0.05, 0.1) is 12.2 Å². The molecule has 4 rings (SSSR count). The molecule has 40 heavy (non-hydrogen) atoms. The lowest BCUT2D eigenvalue weighted by molar-refractivity contribution is -0.137. The van der Waals surface area contributed by atoms with Crippen LogP contribution in [0.25, 0.3) is 10.8 Å². The van der Waals surface area contributed by atoms with Crippen LogP contribution in [0.1, 0.15) is 66.8 Å². The largest absolute Gasteiger partial charge is 0.493 e. The molecule has 0 aliphatic carbocycles. The minimum atomic E-state index is -4.37. The Morgan fingerprint density at radius 1 is 0.650 bits per heavy atom. The smallest absolute Gasteiger partial charge is 0.416 e. The molecular weight excluding hydrogens is 519 g/mol. The summed E-state index contributed by atoms with van der Waals surface area (Å²) in [6.07, 6.45) is 3.28. The topological polar surface area (TPSA) is 9.23 Å². The monoisotopic (exact) mass is 554 g/mol. The van der Waals surface area contributed by atoms with Crippen LogP contribution in [-0.4, -0.2) is 6.61 Å². The molecule has 0 fully saturated rings. The summed E-state index contributed by atoms with van der Waals surface area (Å²) >= 11 is 0. The van der Waals surface area contributed by atoms with Gasteiger partial charge in [-0.2, -0.15) is 13.2 Å². The Bertz CT molecular complexity index is 1390. The molecule has 6 heteroatoms. The highest BCUT2D eigenvalue weighted by Crippen LogP contribution is 2.30. The average Bonchev–Trinajstić information content (AvgIpc) is 2.94. The first-order chi connectivity index (χ1) is 19.2. The van der Waals surface area contributed by atoms with Gasteiger partial charge in [-0.05, 0) is 77.9 Å². The van der Waals surface area contributed by atoms with Crippen molar-refractivity contribution in [3.05, 3.63) is 112 Å². The second-order valence-electron chi connectivity index (χ2n) is 10.3. The fourth-order valence-electron chi connectivity index (χ4n) is 4.87. The van der Waals surface area contributed by atoms with E-state index in [2.05, 4.69) is 6.92 Å². The molecule has 0 aromatic heterocycles. The van der Waals surface area contributed by atoms with Gasteiger partial charge < -0.3 is 4.74 Å². The molecule has 0 bridgehead atoms. The molecule has 0 amide bonds. The van der Waals surface area contributed by atoms with Crippen LogP contribution in [0.2, 0.25) is 0 Å². The molecule has 0 aliphatic rings. The predicted octanol–water partition coefficient (Wildman–Crippen LogP) is 10.1. The van der Waals surface area contributed by atoms with E-state index in [-0.39, 0.29) is 11.6 Å². The summed E-state index contributed by atoms with van der Waals surface area (Å²) in [5.74, 6) is -0.0528. The van der Waals surface area contributed by atoms with Crippen LogP contribution in [-0.2, 0) is 31.9 Å². The Balaban J connectivity index is 1.32. The number of benzene rings is 4. The van der Waals surface area contributed by atoms with Gasteiger partial charge in [-0.1, -0.05) is 81.1 Å². The number of hydrogen-bond donors (Lipinski definition) is 0. The van der Waals surface area contributed by atoms with Crippen molar-refractivity contribution in [2.45, 2.75) is 70.9 Å². The predicted molar refractivity (Wildman–Crippen MR) is 151 cm³/mol. The van der Waals surface area contributed by atoms with Gasteiger partial charge in [-0.3, -0.25) is 0 Å². The molecule has 0 heterocycles. The van der Waals surface area contributed by atoms with E-state index in [1.165, 1.54) is 37.5 Å². The van der Waals surface area contributed by atoms with E-state index in [1.807, 2.05) is 24.3 Å². The van der Waals surface area contributed by atoms with E-state index in [9.17, 15) is 17.6 Å². The van der Waals surface area contributed by atoms with Crippen molar-refractivity contribution < 1.29 is 26.7 Å². The normalized spacial score (nSPS) is 11.8. The maximum Gasteiger partial charge on any atom is 0.416 e. The van der Waals surface area contributed by atoms with Crippen LogP contribution in [0, 0.1) is 11.6 Å². The zero-order valence-corrected chi connectivity index (χ0v) is 22.8. The number of aryl methyl sites for hydroxylation is 4. The van der Waals surface area contributed by atoms with E-state index in [1.54, 1.807) is 18.2 Å². The third-order valence-corrected chi connectivity index (χ3v) is 7.29. The van der Waals surface area contributed by atoms with E-state index < -0.39 is 11.7 Å². The summed E-state index contributed by atoms with van der Waals surface area (Å²) in [5, 5.41) is 1.26. The molecule has 0 atom stereocenters. The van der Waals surface area contributed by atoms with Crippen LogP contribution < -0.4 is 4.74 Å². The fourth-order valence-corrected chi connectivity index (χ4v) is 4.87. The van der Waals surface area contributed by atoms with Crippen molar-refractivity contribution >= 4 is 10.8 Å². The Morgan fingerprint density at radius 2 is 1.32 bits per heavy atom. The maximum absolute atomic E-state index is 15.2. The fraction of sp³-hybridized carbons (Fsp3) is 0.353. The SMILES string of the molecule is CCCCCCCOc1ccc(CCc2ccc3c(F)c(CCc4ccc(C(F)(F)F)cc4)ccc3c2)c(F)c1. The summed E-state index contributed by atoms with van der Waals surface area (Å²) in [5.41, 5.74) is 2.14. The third-order valence-electron chi connectivity index (χ3n) is 7.29. The van der Waals surface area contributed by atoms with Crippen molar-refractivity contribution in [3.63, 3.8) is 0 Å². The van der Waals surface area contributed by atoms with E-state index in [0.29, 0.717) is 54.6 Å². The highest BCUT2D eigenvalue weighted by Gasteiger charge is 2.29. The maximum atomic E-state index is 15.2. The van der Waals surface area contributed by atoms with Crippen molar-refractivity contribution in [2.75, 3.05) is 6.61 Å². The number of hydrogen-bond acceptors (Lipinski definition) is 1. The highest BCUT2D eigenvalue weighted by molar-refractivity contribution is 5.84. The van der Waals surface area contributed by atoms with Gasteiger partial charge in [0.15, 0.2) is 0 Å². The van der Waals surface area contributed by atoms with Gasteiger partial charge in [-0.15, -0.1) is 0 Å². The summed E-state index contributed by atoms with van der Waals surface area (Å²) in [4.78, 5) is 0. The first-order valence-electron chi connectivity index (χ1n) is 14.0. The number of fused-ring (bicyclic) bond motifs is 1. The summed E-state index contributed by atoms with van der Waals surface area (Å²) in [6.45, 7) is 2.77. The zero-order chi connectivity index (χ0) is 28.5. The number of halogens is 5. The van der Waals surface area contributed by atoms with Gasteiger partial charge in [0.25, 0.3) is 0 Å². The Morgan fingerprint density at radius 3 is 2.05 bits per heavy atom. The standard InChI is InChI=1S/C34H35F5O/c1-2-3-4-5-6-21-40-30-19-16-26(32(35)23-30)12-8-25-11-20-31-28(22-25)15-14-27(33(31)36)13-7-24-9-17-29(18-10-24)34(37,38)39/h9-11,14-20,22-23H,2-8,12-13,21H2,1H3. The van der Waals surface area contributed by atoms with E-state index in [4.69, 9.17) is 4.74 Å². The van der Waals surface area contributed by atoms with E-state index in [0.717, 1.165) is 41.5 Å². The average molecular weight is 555 g/mol. The molecule has 1 nitrogen and oxygen atoms in total. The lowest BCUT2D eigenvalue weighted by Crippen LogP contribution is -2.04. The molecule has 4 aromatic carbocycles. The van der Waals surface area contributed by atoms with Gasteiger partial charge in [0.2, 0.25) is 0 Å². The lowest BCUT2D eigenvalue weighted by atomic mass is 9.97. The number of alkyl halides is 3. The molecule has 0 spiro atoms. The van der Waals surface area contributed by atoms with Crippen LogP contribution in [0.15, 0.2) is 72.8 Å². The Hall–Kier alpha value is -3.41. The van der Waals surface area contributed by atoms with Crippen LogP contribution in [0.4, 0.5) is 22.0 Å². The molecule has 0 aliphatic heterocycles. The van der Waals surface area contributed by atoms with Gasteiger partial charge in [-0.25, -0.2) is 8.78 Å². The van der Waals surface area contributed by atoms with Gasteiger partial charge >= 0.3 is 6.18 Å². The zero-order valence-electron chi connectivity index (χ0n) is 22.8. The first kappa shape index (κ1) is 29.6. The second-order valence-corrected chi connectivity index (χ2v) is 10.3. The van der Waals surface area contributed by atoms with Crippen molar-refractivity contribution in [1.29, 1.82) is 0 Å². The van der Waals surface area contributed by atoms with Crippen molar-refractivity contribution in [2.24, 2.45) is 0 Å². The Labute approximate surface area is 233 Å². The second kappa shape index (κ2) is 13.8. The first-order valence-corrected chi connectivity index (χ1v) is 14.0. The molecule has 0 radical (unpaired) electrons. The molecule has 4 aromatic rings. The lowest BCUT2D eigenvalue weighted by Gasteiger charge is -2.11. The van der Waals surface area contributed by atoms with Gasteiger partial charge in [0.1, 0.15) is 17.4 Å². The van der Waals surface area contributed by atoms with Gasteiger partial charge in [0, 0.05) is 11.5 Å². The molecule has 0 N–H and O–H groups in total. The minimum Gasteiger partial charge on any atom is -0.493 e. The summed E-state index contributed by atoms with van der Waals surface area (Å²) < 4.78 is 73.9. The van der Waals surface area contributed by atoms with Crippen molar-refractivity contribution in [1.82, 2.24) is 0 Å². The summed E-state index contributed by atoms with van der Waals surface area (Å²) in [6, 6.07) is 19.1. The van der Waals surface area contributed by atoms with E-state index >= 15 is 4.39 Å². The van der Waals surface area contributed by atoms with Crippen molar-refractivity contribution in [3.8, 4) is 5.75 Å². The highest BCUT2D eigenvalue weighted by atomic mass is 19.4. The molecule has 0 unspecified atom stereocenters. The van der Waals surface area contributed by atoms with Crippen LogP contribution in [0.3, 0.4) is 0 Å². The minimum absolute atomic E-state index is 0.284. The molecular formula is C34H35F5O. The number of rotatable bonds is 13. The summed E-state index contributed by atoms with van der Waals surface area (Å²) in [7, 11) is 0. The Kier molecular flexibility index (Phi) is 10.2.